The summed E-state index contributed by atoms with van der Waals surface area (Å²) in [5, 5.41) is 0.806. The van der Waals surface area contributed by atoms with Crippen molar-refractivity contribution in [2.45, 2.75) is 32.0 Å². The standard InChI is InChI=1S/C15H19N3S/c1-10-4-6-13(7-5-10)14(16)9-19-15-17-11(2)8-12(3)18-15/h4-8,14H,9,16H2,1-3H3. The van der Waals surface area contributed by atoms with Gasteiger partial charge in [0.15, 0.2) is 5.16 Å². The zero-order valence-corrected chi connectivity index (χ0v) is 12.4. The Labute approximate surface area is 118 Å². The summed E-state index contributed by atoms with van der Waals surface area (Å²) in [6, 6.07) is 10.3. The second kappa shape index (κ2) is 6.17. The second-order valence-electron chi connectivity index (χ2n) is 4.76. The van der Waals surface area contributed by atoms with E-state index < -0.39 is 0 Å². The van der Waals surface area contributed by atoms with Crippen molar-refractivity contribution in [3.8, 4) is 0 Å². The van der Waals surface area contributed by atoms with Crippen molar-refractivity contribution in [3.05, 3.63) is 52.8 Å². The maximum atomic E-state index is 6.19. The van der Waals surface area contributed by atoms with E-state index in [1.54, 1.807) is 11.8 Å². The van der Waals surface area contributed by atoms with Gasteiger partial charge in [0, 0.05) is 23.2 Å². The van der Waals surface area contributed by atoms with Gasteiger partial charge in [-0.25, -0.2) is 9.97 Å². The highest BCUT2D eigenvalue weighted by Crippen LogP contribution is 2.21. The third kappa shape index (κ3) is 4.04. The molecule has 0 saturated carbocycles. The Kier molecular flexibility index (Phi) is 4.56. The molecule has 1 unspecified atom stereocenters. The third-order valence-electron chi connectivity index (χ3n) is 2.86. The molecule has 1 heterocycles. The molecule has 1 atom stereocenters. The van der Waals surface area contributed by atoms with Crippen molar-refractivity contribution in [1.29, 1.82) is 0 Å². The molecule has 0 aliphatic heterocycles. The van der Waals surface area contributed by atoms with Gasteiger partial charge in [-0.1, -0.05) is 41.6 Å². The highest BCUT2D eigenvalue weighted by Gasteiger charge is 2.08. The number of nitrogens with two attached hydrogens (primary N) is 1. The highest BCUT2D eigenvalue weighted by molar-refractivity contribution is 7.99. The van der Waals surface area contributed by atoms with Crippen LogP contribution >= 0.6 is 11.8 Å². The fourth-order valence-electron chi connectivity index (χ4n) is 1.83. The molecule has 0 radical (unpaired) electrons. The van der Waals surface area contributed by atoms with Gasteiger partial charge in [0.1, 0.15) is 0 Å². The molecule has 2 aromatic rings. The lowest BCUT2D eigenvalue weighted by Crippen LogP contribution is -2.13. The molecule has 100 valence electrons. The van der Waals surface area contributed by atoms with Gasteiger partial charge >= 0.3 is 0 Å². The van der Waals surface area contributed by atoms with Crippen LogP contribution in [0.1, 0.15) is 28.6 Å². The minimum absolute atomic E-state index is 0.00928. The zero-order chi connectivity index (χ0) is 13.8. The number of nitrogens with zero attached hydrogens (tertiary/aromatic N) is 2. The van der Waals surface area contributed by atoms with Crippen LogP contribution in [0.3, 0.4) is 0 Å². The lowest BCUT2D eigenvalue weighted by Gasteiger charge is -2.11. The van der Waals surface area contributed by atoms with Gasteiger partial charge in [-0.15, -0.1) is 0 Å². The van der Waals surface area contributed by atoms with Gasteiger partial charge < -0.3 is 5.73 Å². The van der Waals surface area contributed by atoms with E-state index >= 15 is 0 Å². The molecule has 0 bridgehead atoms. The molecule has 0 spiro atoms. The van der Waals surface area contributed by atoms with E-state index in [2.05, 4.69) is 41.2 Å². The number of thioether (sulfide) groups is 1. The predicted molar refractivity (Wildman–Crippen MR) is 80.3 cm³/mol. The number of rotatable bonds is 4. The third-order valence-corrected chi connectivity index (χ3v) is 3.83. The van der Waals surface area contributed by atoms with Crippen molar-refractivity contribution in [3.63, 3.8) is 0 Å². The predicted octanol–water partition coefficient (Wildman–Crippen LogP) is 3.19. The summed E-state index contributed by atoms with van der Waals surface area (Å²) < 4.78 is 0. The Morgan fingerprint density at radius 3 is 2.21 bits per heavy atom. The van der Waals surface area contributed by atoms with Crippen LogP contribution in [-0.2, 0) is 0 Å². The summed E-state index contributed by atoms with van der Waals surface area (Å²) in [5.41, 5.74) is 10.6. The maximum absolute atomic E-state index is 6.19. The molecule has 4 heteroatoms. The van der Waals surface area contributed by atoms with Crippen molar-refractivity contribution >= 4 is 11.8 Å². The Morgan fingerprint density at radius 2 is 1.63 bits per heavy atom. The van der Waals surface area contributed by atoms with Crippen LogP contribution in [0, 0.1) is 20.8 Å². The molecule has 19 heavy (non-hydrogen) atoms. The monoisotopic (exact) mass is 273 g/mol. The number of hydrogen-bond acceptors (Lipinski definition) is 4. The van der Waals surface area contributed by atoms with E-state index in [4.69, 9.17) is 5.73 Å². The molecule has 0 amide bonds. The molecule has 0 saturated heterocycles. The molecule has 0 aliphatic carbocycles. The van der Waals surface area contributed by atoms with Crippen LogP contribution < -0.4 is 5.73 Å². The first-order valence-electron chi connectivity index (χ1n) is 6.32. The van der Waals surface area contributed by atoms with Gasteiger partial charge in [0.2, 0.25) is 0 Å². The number of aryl methyl sites for hydroxylation is 3. The zero-order valence-electron chi connectivity index (χ0n) is 11.6. The lowest BCUT2D eigenvalue weighted by atomic mass is 10.1. The van der Waals surface area contributed by atoms with Gasteiger partial charge in [-0.05, 0) is 32.4 Å². The van der Waals surface area contributed by atoms with Crippen molar-refractivity contribution < 1.29 is 0 Å². The van der Waals surface area contributed by atoms with E-state index in [1.807, 2.05) is 19.9 Å². The average molecular weight is 273 g/mol. The van der Waals surface area contributed by atoms with E-state index in [1.165, 1.54) is 5.56 Å². The van der Waals surface area contributed by atoms with Crippen molar-refractivity contribution in [2.24, 2.45) is 5.73 Å². The normalized spacial score (nSPS) is 12.4. The SMILES string of the molecule is Cc1ccc(C(N)CSc2nc(C)cc(C)n2)cc1. The number of aromatic nitrogens is 2. The van der Waals surface area contributed by atoms with Crippen molar-refractivity contribution in [2.75, 3.05) is 5.75 Å². The smallest absolute Gasteiger partial charge is 0.188 e. The summed E-state index contributed by atoms with van der Waals surface area (Å²) >= 11 is 1.61. The van der Waals surface area contributed by atoms with Crippen LogP contribution in [0.2, 0.25) is 0 Å². The van der Waals surface area contributed by atoms with Crippen LogP contribution in [0.15, 0.2) is 35.5 Å². The summed E-state index contributed by atoms with van der Waals surface area (Å²) in [6.07, 6.45) is 0. The lowest BCUT2D eigenvalue weighted by molar-refractivity contribution is 0.822. The van der Waals surface area contributed by atoms with Gasteiger partial charge in [-0.2, -0.15) is 0 Å². The molecule has 3 nitrogen and oxygen atoms in total. The molecule has 2 rings (SSSR count). The number of benzene rings is 1. The Balaban J connectivity index is 1.99. The first-order chi connectivity index (χ1) is 9.04. The molecule has 0 aliphatic rings. The summed E-state index contributed by atoms with van der Waals surface area (Å²) in [7, 11) is 0. The Hall–Kier alpha value is -1.39. The van der Waals surface area contributed by atoms with Crippen LogP contribution in [0.4, 0.5) is 0 Å². The maximum Gasteiger partial charge on any atom is 0.188 e. The number of hydrogen-bond donors (Lipinski definition) is 1. The van der Waals surface area contributed by atoms with Crippen LogP contribution in [-0.4, -0.2) is 15.7 Å². The first kappa shape index (κ1) is 14.0. The summed E-state index contributed by atoms with van der Waals surface area (Å²) in [5.74, 6) is 0.784. The summed E-state index contributed by atoms with van der Waals surface area (Å²) in [6.45, 7) is 6.05. The van der Waals surface area contributed by atoms with E-state index in [0.29, 0.717) is 0 Å². The Morgan fingerprint density at radius 1 is 1.05 bits per heavy atom. The summed E-state index contributed by atoms with van der Waals surface area (Å²) in [4.78, 5) is 8.82. The Bertz CT molecular complexity index is 532. The molecule has 1 aromatic heterocycles. The molecule has 1 aromatic carbocycles. The molecule has 0 fully saturated rings. The van der Waals surface area contributed by atoms with Crippen LogP contribution in [0.25, 0.3) is 0 Å². The first-order valence-corrected chi connectivity index (χ1v) is 7.30. The highest BCUT2D eigenvalue weighted by atomic mass is 32.2. The fraction of sp³-hybridized carbons (Fsp3) is 0.333. The molecule has 2 N–H and O–H groups in total. The van der Waals surface area contributed by atoms with Gasteiger partial charge in [-0.3, -0.25) is 0 Å². The van der Waals surface area contributed by atoms with Gasteiger partial charge in [0.25, 0.3) is 0 Å². The van der Waals surface area contributed by atoms with E-state index in [9.17, 15) is 0 Å². The van der Waals surface area contributed by atoms with E-state index in [0.717, 1.165) is 27.9 Å². The minimum atomic E-state index is 0.00928. The quantitative estimate of drug-likeness (QED) is 0.686. The molecular weight excluding hydrogens is 254 g/mol. The van der Waals surface area contributed by atoms with E-state index in [-0.39, 0.29) is 6.04 Å². The second-order valence-corrected chi connectivity index (χ2v) is 5.75. The van der Waals surface area contributed by atoms with Gasteiger partial charge in [0.05, 0.1) is 0 Å². The largest absolute Gasteiger partial charge is 0.323 e. The average Bonchev–Trinajstić information content (AvgIpc) is 2.36. The molecular formula is C15H19N3S. The van der Waals surface area contributed by atoms with Crippen molar-refractivity contribution in [1.82, 2.24) is 9.97 Å². The van der Waals surface area contributed by atoms with Crippen LogP contribution in [0.5, 0.6) is 0 Å². The topological polar surface area (TPSA) is 51.8 Å². The minimum Gasteiger partial charge on any atom is -0.323 e. The fourth-order valence-corrected chi connectivity index (χ4v) is 2.77.